The third-order valence-electron chi connectivity index (χ3n) is 3.71. The van der Waals surface area contributed by atoms with Gasteiger partial charge in [0.25, 0.3) is 0 Å². The first-order chi connectivity index (χ1) is 8.90. The summed E-state index contributed by atoms with van der Waals surface area (Å²) in [7, 11) is 1.67. The molecule has 0 saturated heterocycles. The third kappa shape index (κ3) is 2.44. The van der Waals surface area contributed by atoms with Crippen molar-refractivity contribution in [3.05, 3.63) is 24.0 Å². The number of nitrogens with zero attached hydrogens (tertiary/aromatic N) is 2. The first-order valence-corrected chi connectivity index (χ1v) is 7.05. The standard InChI is InChI=1S/C15H21ClN2O/c1-6-15(3,4)18-13-8-7-11(19-5)9-12(13)17-14(18)10(2)16/h7-10H,6H2,1-5H3. The average Bonchev–Trinajstić information content (AvgIpc) is 2.77. The number of benzene rings is 1. The predicted octanol–water partition coefficient (Wildman–Crippen LogP) is 4.49. The molecule has 0 saturated carbocycles. The molecule has 0 aliphatic rings. The van der Waals surface area contributed by atoms with Crippen LogP contribution in [0.15, 0.2) is 18.2 Å². The van der Waals surface area contributed by atoms with Gasteiger partial charge in [-0.3, -0.25) is 0 Å². The third-order valence-corrected chi connectivity index (χ3v) is 3.91. The van der Waals surface area contributed by atoms with E-state index in [9.17, 15) is 0 Å². The van der Waals surface area contributed by atoms with Crippen molar-refractivity contribution in [3.8, 4) is 5.75 Å². The van der Waals surface area contributed by atoms with Crippen molar-refractivity contribution in [1.29, 1.82) is 0 Å². The number of ether oxygens (including phenoxy) is 1. The SMILES string of the molecule is CCC(C)(C)n1c(C(C)Cl)nc2cc(OC)ccc21. The average molecular weight is 281 g/mol. The molecular formula is C15H21ClN2O. The molecule has 0 spiro atoms. The Hall–Kier alpha value is -1.22. The number of methoxy groups -OCH3 is 1. The molecule has 1 aromatic heterocycles. The van der Waals surface area contributed by atoms with Gasteiger partial charge in [0, 0.05) is 11.6 Å². The fraction of sp³-hybridized carbons (Fsp3) is 0.533. The van der Waals surface area contributed by atoms with Crippen molar-refractivity contribution in [3.63, 3.8) is 0 Å². The number of rotatable bonds is 4. The van der Waals surface area contributed by atoms with Crippen molar-refractivity contribution in [1.82, 2.24) is 9.55 Å². The van der Waals surface area contributed by atoms with Crippen LogP contribution in [0.4, 0.5) is 0 Å². The van der Waals surface area contributed by atoms with E-state index in [1.165, 1.54) is 0 Å². The highest BCUT2D eigenvalue weighted by Crippen LogP contribution is 2.33. The molecule has 3 nitrogen and oxygen atoms in total. The molecule has 1 unspecified atom stereocenters. The van der Waals surface area contributed by atoms with Crippen molar-refractivity contribution < 1.29 is 4.74 Å². The zero-order valence-corrected chi connectivity index (χ0v) is 13.0. The van der Waals surface area contributed by atoms with Crippen molar-refractivity contribution in [2.45, 2.75) is 45.0 Å². The van der Waals surface area contributed by atoms with Crippen LogP contribution >= 0.6 is 11.6 Å². The minimum atomic E-state index is -0.121. The molecule has 0 aliphatic carbocycles. The van der Waals surface area contributed by atoms with E-state index < -0.39 is 0 Å². The Morgan fingerprint density at radius 3 is 2.63 bits per heavy atom. The Balaban J connectivity index is 2.75. The van der Waals surface area contributed by atoms with Gasteiger partial charge in [-0.15, -0.1) is 11.6 Å². The molecular weight excluding hydrogens is 260 g/mol. The summed E-state index contributed by atoms with van der Waals surface area (Å²) in [5, 5.41) is -0.121. The van der Waals surface area contributed by atoms with E-state index in [4.69, 9.17) is 16.3 Å². The van der Waals surface area contributed by atoms with Crippen molar-refractivity contribution in [2.24, 2.45) is 0 Å². The highest BCUT2D eigenvalue weighted by molar-refractivity contribution is 6.20. The minimum absolute atomic E-state index is 0.0121. The summed E-state index contributed by atoms with van der Waals surface area (Å²) in [6, 6.07) is 5.98. The second-order valence-electron chi connectivity index (χ2n) is 5.44. The molecule has 1 atom stereocenters. The largest absolute Gasteiger partial charge is 0.497 e. The molecule has 4 heteroatoms. The van der Waals surface area contributed by atoms with Gasteiger partial charge >= 0.3 is 0 Å². The zero-order valence-electron chi connectivity index (χ0n) is 12.2. The highest BCUT2D eigenvalue weighted by Gasteiger charge is 2.26. The minimum Gasteiger partial charge on any atom is -0.497 e. The summed E-state index contributed by atoms with van der Waals surface area (Å²) in [5.41, 5.74) is 2.03. The number of hydrogen-bond acceptors (Lipinski definition) is 2. The fourth-order valence-electron chi connectivity index (χ4n) is 2.27. The maximum Gasteiger partial charge on any atom is 0.128 e. The number of imidazole rings is 1. The monoisotopic (exact) mass is 280 g/mol. The van der Waals surface area contributed by atoms with Gasteiger partial charge in [-0.25, -0.2) is 4.98 Å². The van der Waals surface area contributed by atoms with Gasteiger partial charge < -0.3 is 9.30 Å². The van der Waals surface area contributed by atoms with Crippen LogP contribution in [-0.2, 0) is 5.54 Å². The molecule has 0 fully saturated rings. The molecule has 0 N–H and O–H groups in total. The quantitative estimate of drug-likeness (QED) is 0.772. The van der Waals surface area contributed by atoms with Crippen LogP contribution in [0.3, 0.4) is 0 Å². The Morgan fingerprint density at radius 2 is 2.11 bits per heavy atom. The molecule has 1 aromatic carbocycles. The van der Waals surface area contributed by atoms with Crippen LogP contribution in [0.5, 0.6) is 5.75 Å². The molecule has 0 radical (unpaired) electrons. The lowest BCUT2D eigenvalue weighted by Gasteiger charge is -2.28. The second-order valence-corrected chi connectivity index (χ2v) is 6.10. The van der Waals surface area contributed by atoms with E-state index in [0.717, 1.165) is 29.0 Å². The Labute approximate surface area is 119 Å². The van der Waals surface area contributed by atoms with Gasteiger partial charge in [0.2, 0.25) is 0 Å². The number of fused-ring (bicyclic) bond motifs is 1. The van der Waals surface area contributed by atoms with Crippen molar-refractivity contribution >= 4 is 22.6 Å². The first kappa shape index (κ1) is 14.2. The number of halogens is 1. The lowest BCUT2D eigenvalue weighted by Crippen LogP contribution is -2.27. The van der Waals surface area contributed by atoms with Gasteiger partial charge in [-0.05, 0) is 39.3 Å². The predicted molar refractivity (Wildman–Crippen MR) is 80.2 cm³/mol. The van der Waals surface area contributed by atoms with Crippen LogP contribution in [0.25, 0.3) is 11.0 Å². The number of hydrogen-bond donors (Lipinski definition) is 0. The molecule has 2 aromatic rings. The lowest BCUT2D eigenvalue weighted by atomic mass is 10.0. The molecule has 2 rings (SSSR count). The van der Waals surface area contributed by atoms with E-state index in [1.54, 1.807) is 7.11 Å². The fourth-order valence-corrected chi connectivity index (χ4v) is 2.41. The highest BCUT2D eigenvalue weighted by atomic mass is 35.5. The lowest BCUT2D eigenvalue weighted by molar-refractivity contribution is 0.341. The van der Waals surface area contributed by atoms with Gasteiger partial charge in [-0.1, -0.05) is 6.92 Å². The molecule has 0 amide bonds. The Bertz CT molecular complexity index is 587. The van der Waals surface area contributed by atoms with Gasteiger partial charge in [-0.2, -0.15) is 0 Å². The zero-order chi connectivity index (χ0) is 14.2. The summed E-state index contributed by atoms with van der Waals surface area (Å²) in [6.07, 6.45) is 1.01. The number of aromatic nitrogens is 2. The first-order valence-electron chi connectivity index (χ1n) is 6.61. The van der Waals surface area contributed by atoms with Crippen LogP contribution in [-0.4, -0.2) is 16.7 Å². The Morgan fingerprint density at radius 1 is 1.42 bits per heavy atom. The number of alkyl halides is 1. The van der Waals surface area contributed by atoms with Crippen LogP contribution in [0.2, 0.25) is 0 Å². The van der Waals surface area contributed by atoms with E-state index in [2.05, 4.69) is 36.4 Å². The molecule has 0 aliphatic heterocycles. The summed E-state index contributed by atoms with van der Waals surface area (Å²) >= 11 is 6.30. The summed E-state index contributed by atoms with van der Waals surface area (Å²) in [4.78, 5) is 4.69. The van der Waals surface area contributed by atoms with E-state index >= 15 is 0 Å². The van der Waals surface area contributed by atoms with Crippen LogP contribution < -0.4 is 4.74 Å². The Kier molecular flexibility index (Phi) is 3.77. The van der Waals surface area contributed by atoms with Gasteiger partial charge in [0.1, 0.15) is 11.6 Å². The molecule has 104 valence electrons. The summed E-state index contributed by atoms with van der Waals surface area (Å²) < 4.78 is 7.51. The normalized spacial score (nSPS) is 13.8. The van der Waals surface area contributed by atoms with E-state index in [-0.39, 0.29) is 10.9 Å². The van der Waals surface area contributed by atoms with Gasteiger partial charge in [0.15, 0.2) is 0 Å². The second kappa shape index (κ2) is 5.04. The van der Waals surface area contributed by atoms with E-state index in [1.807, 2.05) is 19.1 Å². The van der Waals surface area contributed by atoms with Gasteiger partial charge in [0.05, 0.1) is 23.5 Å². The molecule has 19 heavy (non-hydrogen) atoms. The van der Waals surface area contributed by atoms with E-state index in [0.29, 0.717) is 0 Å². The van der Waals surface area contributed by atoms with Crippen LogP contribution in [0, 0.1) is 0 Å². The smallest absolute Gasteiger partial charge is 0.128 e. The molecule has 1 heterocycles. The van der Waals surface area contributed by atoms with Crippen molar-refractivity contribution in [2.75, 3.05) is 7.11 Å². The summed E-state index contributed by atoms with van der Waals surface area (Å²) in [5.74, 6) is 1.73. The van der Waals surface area contributed by atoms with Crippen LogP contribution in [0.1, 0.15) is 45.3 Å². The molecule has 0 bridgehead atoms. The summed E-state index contributed by atoms with van der Waals surface area (Å²) in [6.45, 7) is 8.56. The topological polar surface area (TPSA) is 27.1 Å². The maximum atomic E-state index is 6.30. The maximum absolute atomic E-state index is 6.30.